The number of carbonyl (C=O) groups excluding carboxylic acids is 1. The minimum Gasteiger partial charge on any atom is -0.360 e. The van der Waals surface area contributed by atoms with Crippen LogP contribution < -0.4 is 0 Å². The summed E-state index contributed by atoms with van der Waals surface area (Å²) in [5.41, 5.74) is 2.20. The minimum absolute atomic E-state index is 0.0475. The SMILES string of the molecule is O=C1CCCC[C@@H]1Sc1nnc(-c2c[nH]c3ccccc23)n1C1CC1. The molecule has 2 aromatic heterocycles. The van der Waals surface area contributed by atoms with E-state index in [1.165, 1.54) is 18.2 Å². The number of benzene rings is 1. The lowest BCUT2D eigenvalue weighted by atomic mass is 9.99. The number of thioether (sulfide) groups is 1. The monoisotopic (exact) mass is 352 g/mol. The fourth-order valence-electron chi connectivity index (χ4n) is 3.66. The first-order valence-corrected chi connectivity index (χ1v) is 9.90. The number of hydrogen-bond acceptors (Lipinski definition) is 4. The van der Waals surface area contributed by atoms with E-state index in [-0.39, 0.29) is 5.25 Å². The quantitative estimate of drug-likeness (QED) is 0.757. The normalized spacial score (nSPS) is 21.1. The smallest absolute Gasteiger partial charge is 0.192 e. The van der Waals surface area contributed by atoms with Gasteiger partial charge in [-0.2, -0.15) is 0 Å². The van der Waals surface area contributed by atoms with Crippen LogP contribution in [0, 0.1) is 0 Å². The average Bonchev–Trinajstić information content (AvgIpc) is 3.25. The Kier molecular flexibility index (Phi) is 3.66. The molecule has 2 fully saturated rings. The Morgan fingerprint density at radius 2 is 2.00 bits per heavy atom. The number of para-hydroxylation sites is 1. The molecule has 5 rings (SSSR count). The van der Waals surface area contributed by atoms with Gasteiger partial charge in [0.05, 0.1) is 5.25 Å². The van der Waals surface area contributed by atoms with Crippen molar-refractivity contribution in [3.63, 3.8) is 0 Å². The van der Waals surface area contributed by atoms with E-state index < -0.39 is 0 Å². The average molecular weight is 352 g/mol. The van der Waals surface area contributed by atoms with E-state index in [4.69, 9.17) is 0 Å². The number of hydrogen-bond donors (Lipinski definition) is 1. The van der Waals surface area contributed by atoms with Crippen LogP contribution in [0.5, 0.6) is 0 Å². The summed E-state index contributed by atoms with van der Waals surface area (Å²) in [5.74, 6) is 1.29. The van der Waals surface area contributed by atoms with Crippen LogP contribution in [0.15, 0.2) is 35.6 Å². The molecule has 2 aliphatic rings. The van der Waals surface area contributed by atoms with Crippen molar-refractivity contribution in [2.75, 3.05) is 0 Å². The van der Waals surface area contributed by atoms with Crippen molar-refractivity contribution in [3.8, 4) is 11.4 Å². The zero-order valence-electron chi connectivity index (χ0n) is 13.9. The molecule has 25 heavy (non-hydrogen) atoms. The lowest BCUT2D eigenvalue weighted by molar-refractivity contribution is -0.119. The summed E-state index contributed by atoms with van der Waals surface area (Å²) >= 11 is 1.62. The van der Waals surface area contributed by atoms with Crippen LogP contribution >= 0.6 is 11.8 Å². The molecule has 0 saturated heterocycles. The second-order valence-electron chi connectivity index (χ2n) is 6.97. The fraction of sp³-hybridized carbons (Fsp3) is 0.421. The number of aromatic nitrogens is 4. The zero-order chi connectivity index (χ0) is 16.8. The second kappa shape index (κ2) is 6.02. The number of Topliss-reactive ketones (excluding diaryl/α,β-unsaturated/α-hetero) is 1. The maximum atomic E-state index is 12.2. The predicted octanol–water partition coefficient (Wildman–Crippen LogP) is 4.37. The van der Waals surface area contributed by atoms with Gasteiger partial charge in [-0.1, -0.05) is 36.4 Å². The number of ketones is 1. The number of aromatic amines is 1. The van der Waals surface area contributed by atoms with E-state index >= 15 is 0 Å². The molecule has 0 radical (unpaired) electrons. The highest BCUT2D eigenvalue weighted by molar-refractivity contribution is 8.00. The molecule has 1 atom stereocenters. The first kappa shape index (κ1) is 15.2. The van der Waals surface area contributed by atoms with Crippen LogP contribution in [0.25, 0.3) is 22.3 Å². The largest absolute Gasteiger partial charge is 0.360 e. The Morgan fingerprint density at radius 3 is 2.84 bits per heavy atom. The Morgan fingerprint density at radius 1 is 1.12 bits per heavy atom. The molecule has 0 spiro atoms. The first-order chi connectivity index (χ1) is 12.3. The number of carbonyl (C=O) groups is 1. The van der Waals surface area contributed by atoms with Crippen molar-refractivity contribution >= 4 is 28.4 Å². The lowest BCUT2D eigenvalue weighted by Gasteiger charge is -2.19. The molecule has 2 heterocycles. The van der Waals surface area contributed by atoms with E-state index in [0.717, 1.165) is 41.3 Å². The predicted molar refractivity (Wildman–Crippen MR) is 98.7 cm³/mol. The molecule has 5 nitrogen and oxygen atoms in total. The van der Waals surface area contributed by atoms with Gasteiger partial charge >= 0.3 is 0 Å². The van der Waals surface area contributed by atoms with Gasteiger partial charge in [0, 0.05) is 35.1 Å². The molecule has 1 aromatic carbocycles. The van der Waals surface area contributed by atoms with Gasteiger partial charge in [-0.25, -0.2) is 0 Å². The Hall–Kier alpha value is -2.08. The maximum Gasteiger partial charge on any atom is 0.192 e. The highest BCUT2D eigenvalue weighted by Crippen LogP contribution is 2.43. The van der Waals surface area contributed by atoms with Crippen molar-refractivity contribution in [1.29, 1.82) is 0 Å². The Labute approximate surface area is 150 Å². The zero-order valence-corrected chi connectivity index (χ0v) is 14.8. The number of rotatable bonds is 4. The third-order valence-corrected chi connectivity index (χ3v) is 6.43. The summed E-state index contributed by atoms with van der Waals surface area (Å²) in [7, 11) is 0. The van der Waals surface area contributed by atoms with Crippen molar-refractivity contribution in [3.05, 3.63) is 30.5 Å². The molecule has 0 unspecified atom stereocenters. The Balaban J connectivity index is 1.55. The van der Waals surface area contributed by atoms with Gasteiger partial charge < -0.3 is 4.98 Å². The number of nitrogens with zero attached hydrogens (tertiary/aromatic N) is 3. The summed E-state index contributed by atoms with van der Waals surface area (Å²) in [6.45, 7) is 0. The van der Waals surface area contributed by atoms with Crippen LogP contribution in [0.2, 0.25) is 0 Å². The van der Waals surface area contributed by atoms with E-state index in [2.05, 4.69) is 31.9 Å². The molecule has 128 valence electrons. The van der Waals surface area contributed by atoms with Crippen LogP contribution in [-0.2, 0) is 4.79 Å². The lowest BCUT2D eigenvalue weighted by Crippen LogP contribution is -2.21. The summed E-state index contributed by atoms with van der Waals surface area (Å²) in [6, 6.07) is 8.75. The molecule has 0 amide bonds. The summed E-state index contributed by atoms with van der Waals surface area (Å²) in [4.78, 5) is 15.6. The number of H-pyrrole nitrogens is 1. The number of nitrogens with one attached hydrogen (secondary N) is 1. The molecule has 6 heteroatoms. The number of fused-ring (bicyclic) bond motifs is 1. The van der Waals surface area contributed by atoms with Crippen LogP contribution in [0.3, 0.4) is 0 Å². The fourth-order valence-corrected chi connectivity index (χ4v) is 4.89. The van der Waals surface area contributed by atoms with Crippen molar-refractivity contribution < 1.29 is 4.79 Å². The van der Waals surface area contributed by atoms with Crippen molar-refractivity contribution in [1.82, 2.24) is 19.7 Å². The van der Waals surface area contributed by atoms with Gasteiger partial charge in [0.1, 0.15) is 5.78 Å². The van der Waals surface area contributed by atoms with E-state index in [9.17, 15) is 4.79 Å². The third kappa shape index (κ3) is 2.68. The standard InChI is InChI=1S/C19H20N4OS/c24-16-7-3-4-8-17(16)25-19-22-21-18(23(19)12-9-10-12)14-11-20-15-6-2-1-5-13(14)15/h1-2,5-6,11-12,17,20H,3-4,7-10H2/t17-/m0/s1. The van der Waals surface area contributed by atoms with Gasteiger partial charge in [0.2, 0.25) is 0 Å². The molecular formula is C19H20N4OS. The molecule has 3 aromatic rings. The first-order valence-electron chi connectivity index (χ1n) is 9.02. The van der Waals surface area contributed by atoms with Gasteiger partial charge in [-0.15, -0.1) is 10.2 Å². The highest BCUT2D eigenvalue weighted by Gasteiger charge is 2.33. The van der Waals surface area contributed by atoms with E-state index in [0.29, 0.717) is 18.2 Å². The molecular weight excluding hydrogens is 332 g/mol. The highest BCUT2D eigenvalue weighted by atomic mass is 32.2. The third-order valence-electron chi connectivity index (χ3n) is 5.15. The van der Waals surface area contributed by atoms with Gasteiger partial charge in [-0.3, -0.25) is 9.36 Å². The summed E-state index contributed by atoms with van der Waals surface area (Å²) < 4.78 is 2.27. The van der Waals surface area contributed by atoms with Crippen LogP contribution in [0.1, 0.15) is 44.6 Å². The van der Waals surface area contributed by atoms with Crippen molar-refractivity contribution in [2.45, 2.75) is 55.0 Å². The molecule has 2 saturated carbocycles. The maximum absolute atomic E-state index is 12.2. The Bertz CT molecular complexity index is 940. The summed E-state index contributed by atoms with van der Waals surface area (Å²) in [5, 5.41) is 11.1. The molecule has 0 aliphatic heterocycles. The van der Waals surface area contributed by atoms with Crippen LogP contribution in [-0.4, -0.2) is 30.8 Å². The minimum atomic E-state index is 0.0475. The van der Waals surface area contributed by atoms with Crippen molar-refractivity contribution in [2.24, 2.45) is 0 Å². The topological polar surface area (TPSA) is 63.6 Å². The molecule has 2 aliphatic carbocycles. The van der Waals surface area contributed by atoms with E-state index in [1.807, 2.05) is 18.3 Å². The van der Waals surface area contributed by atoms with E-state index in [1.54, 1.807) is 11.8 Å². The summed E-state index contributed by atoms with van der Waals surface area (Å²) in [6.07, 6.45) is 8.20. The molecule has 1 N–H and O–H groups in total. The second-order valence-corrected chi connectivity index (χ2v) is 8.14. The molecule has 0 bridgehead atoms. The van der Waals surface area contributed by atoms with Gasteiger partial charge in [0.25, 0.3) is 0 Å². The van der Waals surface area contributed by atoms with Crippen LogP contribution in [0.4, 0.5) is 0 Å². The van der Waals surface area contributed by atoms with Gasteiger partial charge in [-0.05, 0) is 31.7 Å². The van der Waals surface area contributed by atoms with Gasteiger partial charge in [0.15, 0.2) is 11.0 Å².